The van der Waals surface area contributed by atoms with Crippen LogP contribution in [0.15, 0.2) is 6.33 Å². The number of rotatable bonds is 2. The van der Waals surface area contributed by atoms with Crippen LogP contribution in [0.4, 0.5) is 5.82 Å². The van der Waals surface area contributed by atoms with Crippen LogP contribution in [0.2, 0.25) is 0 Å². The fourth-order valence-corrected chi connectivity index (χ4v) is 6.16. The SMILES string of the molecule is Cc1c(C(=O)O)sc2ncnc(N3CC4(C)CC3CC(C)(C)C4)c12. The number of aryl methyl sites for hydroxylation is 1. The Kier molecular flexibility index (Phi) is 3.24. The number of hydrogen-bond acceptors (Lipinski definition) is 5. The van der Waals surface area contributed by atoms with Gasteiger partial charge < -0.3 is 10.0 Å². The van der Waals surface area contributed by atoms with Crippen molar-refractivity contribution in [2.24, 2.45) is 10.8 Å². The molecule has 0 spiro atoms. The van der Waals surface area contributed by atoms with E-state index >= 15 is 0 Å². The van der Waals surface area contributed by atoms with Gasteiger partial charge in [-0.2, -0.15) is 0 Å². The third-order valence-corrected chi connectivity index (χ3v) is 6.78. The summed E-state index contributed by atoms with van der Waals surface area (Å²) in [7, 11) is 0. The summed E-state index contributed by atoms with van der Waals surface area (Å²) in [6.07, 6.45) is 5.15. The first-order valence-electron chi connectivity index (χ1n) is 8.43. The van der Waals surface area contributed by atoms with Crippen molar-refractivity contribution in [1.29, 1.82) is 0 Å². The molecule has 128 valence electrons. The van der Waals surface area contributed by atoms with Crippen LogP contribution in [0.3, 0.4) is 0 Å². The van der Waals surface area contributed by atoms with Crippen LogP contribution in [0.25, 0.3) is 10.2 Å². The quantitative estimate of drug-likeness (QED) is 0.887. The van der Waals surface area contributed by atoms with E-state index < -0.39 is 5.97 Å². The topological polar surface area (TPSA) is 66.3 Å². The number of carboxylic acids is 1. The van der Waals surface area contributed by atoms with E-state index in [9.17, 15) is 9.90 Å². The van der Waals surface area contributed by atoms with Crippen molar-refractivity contribution in [2.75, 3.05) is 11.4 Å². The third-order valence-electron chi connectivity index (χ3n) is 5.59. The molecule has 0 radical (unpaired) electrons. The van der Waals surface area contributed by atoms with Gasteiger partial charge in [0.25, 0.3) is 0 Å². The number of fused-ring (bicyclic) bond motifs is 3. The van der Waals surface area contributed by atoms with Crippen LogP contribution in [0, 0.1) is 17.8 Å². The summed E-state index contributed by atoms with van der Waals surface area (Å²) in [5.41, 5.74) is 1.45. The lowest BCUT2D eigenvalue weighted by atomic mass is 9.65. The first-order valence-corrected chi connectivity index (χ1v) is 9.25. The number of carboxylic acid groups (broad SMARTS) is 1. The van der Waals surface area contributed by atoms with Gasteiger partial charge >= 0.3 is 5.97 Å². The Morgan fingerprint density at radius 3 is 2.79 bits per heavy atom. The monoisotopic (exact) mass is 345 g/mol. The van der Waals surface area contributed by atoms with Gasteiger partial charge in [-0.15, -0.1) is 11.3 Å². The van der Waals surface area contributed by atoms with E-state index in [1.807, 2.05) is 6.92 Å². The highest BCUT2D eigenvalue weighted by Gasteiger charge is 2.50. The molecule has 2 bridgehead atoms. The average Bonchev–Trinajstić information content (AvgIpc) is 2.92. The van der Waals surface area contributed by atoms with Crippen molar-refractivity contribution in [3.8, 4) is 0 Å². The maximum absolute atomic E-state index is 11.5. The van der Waals surface area contributed by atoms with E-state index in [-0.39, 0.29) is 0 Å². The number of nitrogens with zero attached hydrogens (tertiary/aromatic N) is 3. The molecule has 6 heteroatoms. The van der Waals surface area contributed by atoms with Gasteiger partial charge in [-0.05, 0) is 42.6 Å². The fourth-order valence-electron chi connectivity index (χ4n) is 5.18. The zero-order valence-corrected chi connectivity index (χ0v) is 15.4. The second-order valence-electron chi connectivity index (χ2n) is 8.58. The highest BCUT2D eigenvalue weighted by Crippen LogP contribution is 2.54. The summed E-state index contributed by atoms with van der Waals surface area (Å²) in [5.74, 6) is 0.0439. The van der Waals surface area contributed by atoms with Gasteiger partial charge in [0.15, 0.2) is 0 Å². The Morgan fingerprint density at radius 1 is 1.33 bits per heavy atom. The van der Waals surface area contributed by atoms with Gasteiger partial charge in [0.05, 0.1) is 5.39 Å². The van der Waals surface area contributed by atoms with Crippen LogP contribution in [-0.4, -0.2) is 33.6 Å². The molecule has 1 saturated heterocycles. The molecule has 3 heterocycles. The highest BCUT2D eigenvalue weighted by molar-refractivity contribution is 7.20. The van der Waals surface area contributed by atoms with E-state index in [0.29, 0.717) is 21.7 Å². The molecular weight excluding hydrogens is 322 g/mol. The van der Waals surface area contributed by atoms with Crippen molar-refractivity contribution >= 4 is 33.3 Å². The summed E-state index contributed by atoms with van der Waals surface area (Å²) in [6, 6.07) is 0.476. The van der Waals surface area contributed by atoms with E-state index in [1.54, 1.807) is 6.33 Å². The maximum atomic E-state index is 11.5. The van der Waals surface area contributed by atoms with Gasteiger partial charge in [0, 0.05) is 12.6 Å². The van der Waals surface area contributed by atoms with Gasteiger partial charge in [-0.3, -0.25) is 0 Å². The number of carbonyl (C=O) groups is 1. The fraction of sp³-hybridized carbons (Fsp3) is 0.611. The standard InChI is InChI=1S/C18H23N3O2S/c1-10-12-14(19-9-20-15(12)24-13(10)16(22)23)21-8-18(4)6-11(21)5-17(2,3)7-18/h9,11H,5-8H2,1-4H3,(H,22,23). The van der Waals surface area contributed by atoms with Crippen LogP contribution in [0.1, 0.15) is 55.3 Å². The number of anilines is 1. The Morgan fingerprint density at radius 2 is 2.08 bits per heavy atom. The first-order chi connectivity index (χ1) is 11.2. The molecule has 4 rings (SSSR count). The number of hydrogen-bond donors (Lipinski definition) is 1. The van der Waals surface area contributed by atoms with Crippen LogP contribution in [0.5, 0.6) is 0 Å². The molecule has 1 aliphatic carbocycles. The Balaban J connectivity index is 1.85. The number of aromatic carboxylic acids is 1. The van der Waals surface area contributed by atoms with E-state index in [0.717, 1.165) is 34.6 Å². The summed E-state index contributed by atoms with van der Waals surface area (Å²) in [4.78, 5) is 24.0. The predicted octanol–water partition coefficient (Wildman–Crippen LogP) is 4.10. The Labute approximate surface area is 145 Å². The summed E-state index contributed by atoms with van der Waals surface area (Å²) in [5, 5.41) is 10.4. The van der Waals surface area contributed by atoms with Crippen molar-refractivity contribution in [3.63, 3.8) is 0 Å². The van der Waals surface area contributed by atoms with Gasteiger partial charge in [0.2, 0.25) is 0 Å². The zero-order chi connectivity index (χ0) is 17.3. The van der Waals surface area contributed by atoms with E-state index in [2.05, 4.69) is 35.6 Å². The molecule has 0 amide bonds. The molecular formula is C18H23N3O2S. The van der Waals surface area contributed by atoms with Crippen LogP contribution >= 0.6 is 11.3 Å². The molecule has 2 unspecified atom stereocenters. The molecule has 2 aromatic rings. The molecule has 2 aromatic heterocycles. The van der Waals surface area contributed by atoms with E-state index in [1.165, 1.54) is 24.2 Å². The maximum Gasteiger partial charge on any atom is 0.346 e. The minimum absolute atomic E-state index is 0.309. The summed E-state index contributed by atoms with van der Waals surface area (Å²) in [6.45, 7) is 9.96. The largest absolute Gasteiger partial charge is 0.477 e. The molecule has 24 heavy (non-hydrogen) atoms. The predicted molar refractivity (Wildman–Crippen MR) is 96.0 cm³/mol. The van der Waals surface area contributed by atoms with Crippen molar-refractivity contribution in [2.45, 2.75) is 53.0 Å². The number of aromatic nitrogens is 2. The normalized spacial score (nSPS) is 28.5. The lowest BCUT2D eigenvalue weighted by Gasteiger charge is -2.39. The number of thiophene rings is 1. The van der Waals surface area contributed by atoms with Gasteiger partial charge in [-0.1, -0.05) is 20.8 Å². The molecule has 0 aromatic carbocycles. The molecule has 1 saturated carbocycles. The highest BCUT2D eigenvalue weighted by atomic mass is 32.1. The van der Waals surface area contributed by atoms with Gasteiger partial charge in [0.1, 0.15) is 21.9 Å². The summed E-state index contributed by atoms with van der Waals surface area (Å²) >= 11 is 1.25. The van der Waals surface area contributed by atoms with Gasteiger partial charge in [-0.25, -0.2) is 14.8 Å². The molecule has 1 N–H and O–H groups in total. The molecule has 1 aliphatic heterocycles. The zero-order valence-electron chi connectivity index (χ0n) is 14.6. The third kappa shape index (κ3) is 2.31. The molecule has 5 nitrogen and oxygen atoms in total. The Hall–Kier alpha value is -1.69. The minimum Gasteiger partial charge on any atom is -0.477 e. The Bertz CT molecular complexity index is 844. The molecule has 2 fully saturated rings. The minimum atomic E-state index is -0.880. The summed E-state index contributed by atoms with van der Waals surface area (Å²) < 4.78 is 0. The van der Waals surface area contributed by atoms with Crippen molar-refractivity contribution < 1.29 is 9.90 Å². The molecule has 2 aliphatic rings. The van der Waals surface area contributed by atoms with Crippen LogP contribution in [-0.2, 0) is 0 Å². The first kappa shape index (κ1) is 15.8. The van der Waals surface area contributed by atoms with Crippen molar-refractivity contribution in [1.82, 2.24) is 9.97 Å². The molecule has 2 atom stereocenters. The lowest BCUT2D eigenvalue weighted by molar-refractivity contribution is 0.0701. The van der Waals surface area contributed by atoms with E-state index in [4.69, 9.17) is 0 Å². The lowest BCUT2D eigenvalue weighted by Crippen LogP contribution is -2.35. The average molecular weight is 345 g/mol. The second kappa shape index (κ2) is 4.91. The van der Waals surface area contributed by atoms with Crippen molar-refractivity contribution in [3.05, 3.63) is 16.8 Å². The van der Waals surface area contributed by atoms with Crippen LogP contribution < -0.4 is 4.90 Å². The second-order valence-corrected chi connectivity index (χ2v) is 9.58. The smallest absolute Gasteiger partial charge is 0.346 e.